The molecule has 0 amide bonds. The predicted molar refractivity (Wildman–Crippen MR) is 66.5 cm³/mol. The molecule has 0 spiro atoms. The lowest BCUT2D eigenvalue weighted by Gasteiger charge is -2.24. The van der Waals surface area contributed by atoms with Gasteiger partial charge in [-0.05, 0) is 32.9 Å². The lowest BCUT2D eigenvalue weighted by atomic mass is 9.97. The number of carbonyl (C=O) groups is 1. The normalized spacial score (nSPS) is 28.3. The zero-order valence-electron chi connectivity index (χ0n) is 10.7. The number of carboxylic acid groups (broad SMARTS) is 1. The SMILES string of the molecule is CN1CCC(c2ncc3n2CC(C(=O)O)CC3)C1. The number of likely N-dealkylation sites (tertiary alicyclic amines) is 1. The molecule has 1 N–H and O–H groups in total. The van der Waals surface area contributed by atoms with Crippen LogP contribution in [-0.2, 0) is 17.8 Å². The van der Waals surface area contributed by atoms with Crippen LogP contribution in [0.1, 0.15) is 30.3 Å². The van der Waals surface area contributed by atoms with Crippen molar-refractivity contribution in [2.45, 2.75) is 31.7 Å². The summed E-state index contributed by atoms with van der Waals surface area (Å²) in [6.07, 6.45) is 4.65. The van der Waals surface area contributed by atoms with Gasteiger partial charge in [-0.25, -0.2) is 4.98 Å². The van der Waals surface area contributed by atoms with Gasteiger partial charge in [0.05, 0.1) is 5.92 Å². The van der Waals surface area contributed by atoms with Crippen molar-refractivity contribution >= 4 is 5.97 Å². The average molecular weight is 249 g/mol. The lowest BCUT2D eigenvalue weighted by molar-refractivity contribution is -0.142. The summed E-state index contributed by atoms with van der Waals surface area (Å²) >= 11 is 0. The molecule has 2 aliphatic rings. The first-order valence-electron chi connectivity index (χ1n) is 6.61. The number of aliphatic carboxylic acids is 1. The van der Waals surface area contributed by atoms with Crippen molar-refractivity contribution in [3.05, 3.63) is 17.7 Å². The fourth-order valence-corrected chi connectivity index (χ4v) is 3.14. The highest BCUT2D eigenvalue weighted by molar-refractivity contribution is 5.70. The van der Waals surface area contributed by atoms with Crippen molar-refractivity contribution in [1.29, 1.82) is 0 Å². The Morgan fingerprint density at radius 3 is 2.94 bits per heavy atom. The van der Waals surface area contributed by atoms with E-state index in [4.69, 9.17) is 5.11 Å². The number of hydrogen-bond acceptors (Lipinski definition) is 3. The van der Waals surface area contributed by atoms with E-state index >= 15 is 0 Å². The van der Waals surface area contributed by atoms with Crippen LogP contribution in [0.2, 0.25) is 0 Å². The van der Waals surface area contributed by atoms with Gasteiger partial charge in [-0.3, -0.25) is 4.79 Å². The van der Waals surface area contributed by atoms with Crippen LogP contribution in [0.5, 0.6) is 0 Å². The van der Waals surface area contributed by atoms with Gasteiger partial charge in [0.2, 0.25) is 0 Å². The molecular weight excluding hydrogens is 230 g/mol. The molecule has 98 valence electrons. The van der Waals surface area contributed by atoms with Crippen LogP contribution >= 0.6 is 0 Å². The number of carboxylic acids is 1. The smallest absolute Gasteiger partial charge is 0.308 e. The summed E-state index contributed by atoms with van der Waals surface area (Å²) in [7, 11) is 2.13. The number of rotatable bonds is 2. The monoisotopic (exact) mass is 249 g/mol. The van der Waals surface area contributed by atoms with Crippen molar-refractivity contribution in [3.63, 3.8) is 0 Å². The molecule has 3 rings (SSSR count). The molecule has 1 fully saturated rings. The molecule has 5 heteroatoms. The van der Waals surface area contributed by atoms with Crippen molar-refractivity contribution in [1.82, 2.24) is 14.5 Å². The van der Waals surface area contributed by atoms with Gasteiger partial charge < -0.3 is 14.6 Å². The fourth-order valence-electron chi connectivity index (χ4n) is 3.14. The van der Waals surface area contributed by atoms with Crippen LogP contribution in [-0.4, -0.2) is 45.7 Å². The molecule has 18 heavy (non-hydrogen) atoms. The van der Waals surface area contributed by atoms with Gasteiger partial charge >= 0.3 is 5.97 Å². The van der Waals surface area contributed by atoms with E-state index in [9.17, 15) is 4.79 Å². The third kappa shape index (κ3) is 1.92. The maximum atomic E-state index is 11.1. The third-order valence-electron chi connectivity index (χ3n) is 4.23. The summed E-state index contributed by atoms with van der Waals surface area (Å²) in [5, 5.41) is 9.16. The lowest BCUT2D eigenvalue weighted by Crippen LogP contribution is -2.28. The predicted octanol–water partition coefficient (Wildman–Crippen LogP) is 0.949. The first-order chi connectivity index (χ1) is 8.65. The summed E-state index contributed by atoms with van der Waals surface area (Å²) in [6.45, 7) is 2.74. The molecule has 0 aromatic carbocycles. The Balaban J connectivity index is 1.85. The van der Waals surface area contributed by atoms with Gasteiger partial charge in [-0.2, -0.15) is 0 Å². The Hall–Kier alpha value is -1.36. The van der Waals surface area contributed by atoms with E-state index in [1.54, 1.807) is 0 Å². The topological polar surface area (TPSA) is 58.4 Å². The molecule has 1 aromatic rings. The average Bonchev–Trinajstić information content (AvgIpc) is 2.93. The minimum absolute atomic E-state index is 0.246. The van der Waals surface area contributed by atoms with Crippen LogP contribution in [0.4, 0.5) is 0 Å². The van der Waals surface area contributed by atoms with E-state index in [1.165, 1.54) is 5.69 Å². The van der Waals surface area contributed by atoms with Gasteiger partial charge in [0, 0.05) is 30.9 Å². The number of aryl methyl sites for hydroxylation is 1. The molecule has 2 unspecified atom stereocenters. The minimum Gasteiger partial charge on any atom is -0.481 e. The van der Waals surface area contributed by atoms with Crippen molar-refractivity contribution < 1.29 is 9.90 Å². The van der Waals surface area contributed by atoms with Crippen LogP contribution in [0.3, 0.4) is 0 Å². The number of likely N-dealkylation sites (N-methyl/N-ethyl adjacent to an activating group) is 1. The Morgan fingerprint density at radius 1 is 1.44 bits per heavy atom. The van der Waals surface area contributed by atoms with Crippen molar-refractivity contribution in [2.24, 2.45) is 5.92 Å². The molecule has 0 aliphatic carbocycles. The molecule has 1 aromatic heterocycles. The molecule has 0 radical (unpaired) electrons. The van der Waals surface area contributed by atoms with Gasteiger partial charge in [0.15, 0.2) is 0 Å². The van der Waals surface area contributed by atoms with Crippen LogP contribution in [0.15, 0.2) is 6.20 Å². The van der Waals surface area contributed by atoms with Crippen LogP contribution < -0.4 is 0 Å². The molecule has 0 saturated carbocycles. The van der Waals surface area contributed by atoms with E-state index in [0.717, 1.165) is 38.2 Å². The number of nitrogens with zero attached hydrogens (tertiary/aromatic N) is 3. The summed E-state index contributed by atoms with van der Waals surface area (Å²) < 4.78 is 2.16. The van der Waals surface area contributed by atoms with E-state index in [1.807, 2.05) is 6.20 Å². The van der Waals surface area contributed by atoms with Crippen LogP contribution in [0, 0.1) is 5.92 Å². The Labute approximate surface area is 106 Å². The van der Waals surface area contributed by atoms with Gasteiger partial charge in [0.25, 0.3) is 0 Å². The zero-order valence-corrected chi connectivity index (χ0v) is 10.7. The molecular formula is C13H19N3O2. The molecule has 0 bridgehead atoms. The fraction of sp³-hybridized carbons (Fsp3) is 0.692. The quantitative estimate of drug-likeness (QED) is 0.847. The number of hydrogen-bond donors (Lipinski definition) is 1. The highest BCUT2D eigenvalue weighted by Crippen LogP contribution is 2.30. The first kappa shape index (κ1) is 11.7. The largest absolute Gasteiger partial charge is 0.481 e. The second kappa shape index (κ2) is 4.39. The van der Waals surface area contributed by atoms with Gasteiger partial charge in [-0.1, -0.05) is 0 Å². The Morgan fingerprint density at radius 2 is 2.28 bits per heavy atom. The Kier molecular flexibility index (Phi) is 2.86. The highest BCUT2D eigenvalue weighted by Gasteiger charge is 2.30. The third-order valence-corrected chi connectivity index (χ3v) is 4.23. The van der Waals surface area contributed by atoms with E-state index in [-0.39, 0.29) is 5.92 Å². The molecule has 1 saturated heterocycles. The molecule has 3 heterocycles. The maximum Gasteiger partial charge on any atom is 0.308 e. The van der Waals surface area contributed by atoms with E-state index in [2.05, 4.69) is 21.5 Å². The first-order valence-corrected chi connectivity index (χ1v) is 6.61. The zero-order chi connectivity index (χ0) is 12.7. The molecule has 2 aliphatic heterocycles. The minimum atomic E-state index is -0.677. The molecule has 2 atom stereocenters. The number of aromatic nitrogens is 2. The van der Waals surface area contributed by atoms with Crippen LogP contribution in [0.25, 0.3) is 0 Å². The summed E-state index contributed by atoms with van der Waals surface area (Å²) in [5.41, 5.74) is 1.21. The summed E-state index contributed by atoms with van der Waals surface area (Å²) in [6, 6.07) is 0. The molecule has 5 nitrogen and oxygen atoms in total. The summed E-state index contributed by atoms with van der Waals surface area (Å²) in [5.74, 6) is 0.644. The van der Waals surface area contributed by atoms with E-state index in [0.29, 0.717) is 12.5 Å². The second-order valence-electron chi connectivity index (χ2n) is 5.54. The van der Waals surface area contributed by atoms with Gasteiger partial charge in [0.1, 0.15) is 5.82 Å². The van der Waals surface area contributed by atoms with Crippen molar-refractivity contribution in [3.8, 4) is 0 Å². The van der Waals surface area contributed by atoms with Crippen molar-refractivity contribution in [2.75, 3.05) is 20.1 Å². The summed E-state index contributed by atoms with van der Waals surface area (Å²) in [4.78, 5) is 18.0. The Bertz CT molecular complexity index is 469. The maximum absolute atomic E-state index is 11.1. The highest BCUT2D eigenvalue weighted by atomic mass is 16.4. The number of imidazole rings is 1. The standard InChI is InChI=1S/C13H19N3O2/c1-15-5-4-9(7-15)12-14-6-11-3-2-10(13(17)18)8-16(11)12/h6,9-10H,2-5,7-8H2,1H3,(H,17,18). The second-order valence-corrected chi connectivity index (χ2v) is 5.54. The number of fused-ring (bicyclic) bond motifs is 1. The van der Waals surface area contributed by atoms with E-state index < -0.39 is 5.97 Å². The van der Waals surface area contributed by atoms with Gasteiger partial charge in [-0.15, -0.1) is 0 Å².